The molecular weight excluding hydrogens is 999 g/mol. The lowest BCUT2D eigenvalue weighted by molar-refractivity contribution is -0.168. The van der Waals surface area contributed by atoms with Crippen molar-refractivity contribution in [1.29, 1.82) is 0 Å². The molecule has 418 valence electrons. The zero-order valence-electron chi connectivity index (χ0n) is 46.3. The molecule has 6 aliphatic heterocycles. The molecule has 3 aromatic rings. The number of aromatic amines is 1. The highest BCUT2D eigenvalue weighted by molar-refractivity contribution is 6.34. The molecule has 6 N–H and O–H groups in total. The summed E-state index contributed by atoms with van der Waals surface area (Å²) < 4.78 is 20.5. The summed E-state index contributed by atoms with van der Waals surface area (Å²) in [6.07, 6.45) is 6.77. The minimum absolute atomic E-state index is 0.00401. The maximum absolute atomic E-state index is 14.9. The molecule has 78 heavy (non-hydrogen) atoms. The smallest absolute Gasteiger partial charge is 0.326 e. The Hall–Kier alpha value is -6.83. The van der Waals surface area contributed by atoms with Crippen LogP contribution in [-0.2, 0) is 23.9 Å². The molecule has 7 heterocycles. The Balaban J connectivity index is 1.00. The number of benzene rings is 2. The molecule has 10 rings (SSSR count). The van der Waals surface area contributed by atoms with E-state index in [4.69, 9.17) is 19.2 Å². The van der Waals surface area contributed by atoms with Gasteiger partial charge in [0, 0.05) is 93.0 Å². The number of likely N-dealkylation sites (tertiary alicyclic amines) is 2. The largest absolute Gasteiger partial charge is 0.507 e. The molecule has 1 unspecified atom stereocenters. The van der Waals surface area contributed by atoms with Gasteiger partial charge in [-0.2, -0.15) is 0 Å². The van der Waals surface area contributed by atoms with E-state index >= 15 is 0 Å². The number of hydrogen-bond acceptors (Lipinski definition) is 15. The number of aliphatic hydroxyl groups is 2. The van der Waals surface area contributed by atoms with Gasteiger partial charge in [-0.05, 0) is 70.1 Å². The van der Waals surface area contributed by atoms with E-state index in [9.17, 15) is 44.1 Å². The number of aliphatic imine (C=N–C) groups is 1. The number of phenolic OH excluding ortho intramolecular Hbond substituents is 1. The van der Waals surface area contributed by atoms with Gasteiger partial charge >= 0.3 is 17.4 Å². The number of rotatable bonds is 6. The van der Waals surface area contributed by atoms with Crippen molar-refractivity contribution in [2.24, 2.45) is 40.5 Å². The first-order chi connectivity index (χ1) is 37.0. The van der Waals surface area contributed by atoms with Crippen LogP contribution in [0.2, 0.25) is 0 Å². The Morgan fingerprint density at radius 1 is 0.910 bits per heavy atom. The third kappa shape index (κ3) is 10.2. The number of phenols is 1. The number of aromatic hydroxyl groups is 1. The number of aromatic nitrogens is 2. The zero-order valence-corrected chi connectivity index (χ0v) is 46.3. The number of amides is 2. The van der Waals surface area contributed by atoms with Crippen LogP contribution in [0.4, 0.5) is 0 Å². The average molecular weight is 1070 g/mol. The highest BCUT2D eigenvalue weighted by atomic mass is 16.7. The monoisotopic (exact) mass is 1070 g/mol. The quantitative estimate of drug-likeness (QED) is 0.120. The van der Waals surface area contributed by atoms with Gasteiger partial charge in [0.1, 0.15) is 34.9 Å². The van der Waals surface area contributed by atoms with Crippen LogP contribution in [0.5, 0.6) is 11.5 Å². The van der Waals surface area contributed by atoms with E-state index in [1.807, 2.05) is 31.2 Å². The first kappa shape index (κ1) is 55.9. The van der Waals surface area contributed by atoms with Crippen LogP contribution in [0, 0.1) is 42.4 Å². The Kier molecular flexibility index (Phi) is 15.6. The van der Waals surface area contributed by atoms with Gasteiger partial charge in [-0.15, -0.1) is 0 Å². The predicted octanol–water partition coefficient (Wildman–Crippen LogP) is 6.11. The van der Waals surface area contributed by atoms with E-state index in [0.29, 0.717) is 57.8 Å². The molecule has 0 radical (unpaired) electrons. The fraction of sp³-hybridized carbons (Fsp3) is 0.542. The minimum atomic E-state index is -1.99. The molecule has 1 spiro atoms. The summed E-state index contributed by atoms with van der Waals surface area (Å²) in [6.45, 7) is 20.3. The van der Waals surface area contributed by atoms with Crippen molar-refractivity contribution in [3.05, 3.63) is 105 Å². The number of aliphatic hydroxyl groups excluding tert-OH is 2. The Morgan fingerprint density at radius 3 is 2.29 bits per heavy atom. The van der Waals surface area contributed by atoms with Gasteiger partial charge < -0.3 is 54.9 Å². The van der Waals surface area contributed by atoms with E-state index in [1.165, 1.54) is 27.0 Å². The number of carbonyl (C=O) groups is 5. The van der Waals surface area contributed by atoms with E-state index in [2.05, 4.69) is 34.4 Å². The number of ether oxygens (including phenoxy) is 3. The summed E-state index contributed by atoms with van der Waals surface area (Å²) in [5.41, 5.74) is 0.959. The molecule has 5 bridgehead atoms. The molecule has 19 nitrogen and oxygen atoms in total. The fourth-order valence-corrected chi connectivity index (χ4v) is 12.2. The number of para-hydroxylation sites is 2. The van der Waals surface area contributed by atoms with Gasteiger partial charge in [0.2, 0.25) is 11.7 Å². The predicted molar refractivity (Wildman–Crippen MR) is 291 cm³/mol. The summed E-state index contributed by atoms with van der Waals surface area (Å²) in [6, 6.07) is 7.30. The number of fused-ring (bicyclic) bond motifs is 14. The summed E-state index contributed by atoms with van der Waals surface area (Å²) >= 11 is 0. The van der Waals surface area contributed by atoms with Gasteiger partial charge in [-0.25, -0.2) is 4.79 Å². The molecule has 2 saturated heterocycles. The first-order valence-corrected chi connectivity index (χ1v) is 27.5. The van der Waals surface area contributed by atoms with Crippen molar-refractivity contribution >= 4 is 46.1 Å². The van der Waals surface area contributed by atoms with Crippen LogP contribution in [0.15, 0.2) is 81.6 Å². The van der Waals surface area contributed by atoms with Crippen LogP contribution < -0.4 is 21.1 Å². The maximum atomic E-state index is 14.9. The summed E-state index contributed by atoms with van der Waals surface area (Å²) in [5.74, 6) is -8.98. The topological polar surface area (TPSA) is 254 Å². The van der Waals surface area contributed by atoms with Crippen molar-refractivity contribution in [3.63, 3.8) is 0 Å². The average Bonchev–Trinajstić information content (AvgIpc) is 4.26. The molecule has 1 aromatic heterocycles. The number of H-pyrrole nitrogens is 1. The lowest BCUT2D eigenvalue weighted by Crippen LogP contribution is -2.50. The van der Waals surface area contributed by atoms with Crippen LogP contribution in [-0.4, -0.2) is 132 Å². The third-order valence-corrected chi connectivity index (χ3v) is 17.0. The van der Waals surface area contributed by atoms with Gasteiger partial charge in [0.15, 0.2) is 0 Å². The van der Waals surface area contributed by atoms with E-state index < -0.39 is 94.5 Å². The number of nitrogens with zero attached hydrogens (tertiary/aromatic N) is 4. The molecule has 19 heteroatoms. The summed E-state index contributed by atoms with van der Waals surface area (Å²) in [4.78, 5) is 97.1. The highest BCUT2D eigenvalue weighted by Crippen LogP contribution is 2.50. The molecule has 1 aliphatic carbocycles. The Labute approximate surface area is 454 Å². The molecular formula is C59H75N7O12. The number of hydrogen-bond donors (Lipinski definition) is 6. The molecule has 2 aromatic carbocycles. The normalized spacial score (nSPS) is 30.0. The van der Waals surface area contributed by atoms with Gasteiger partial charge in [0.05, 0.1) is 52.0 Å². The Morgan fingerprint density at radius 2 is 1.60 bits per heavy atom. The number of carbonyl (C=O) groups excluding carboxylic acids is 5. The van der Waals surface area contributed by atoms with Crippen LogP contribution in [0.3, 0.4) is 0 Å². The number of imidazole rings is 1. The van der Waals surface area contributed by atoms with Crippen LogP contribution in [0.1, 0.15) is 132 Å². The van der Waals surface area contributed by atoms with Crippen molar-refractivity contribution < 1.29 is 53.5 Å². The number of piperidine rings is 2. The second-order valence-electron chi connectivity index (χ2n) is 23.1. The molecule has 2 fully saturated rings. The van der Waals surface area contributed by atoms with Crippen molar-refractivity contribution in [2.45, 2.75) is 137 Å². The lowest BCUT2D eigenvalue weighted by Gasteiger charge is -2.38. The number of allylic oxidation sites excluding steroid dienone is 5. The number of Topliss-reactive ketones (excluding diaryl/α,β-unsaturated/α-hetero) is 2. The minimum Gasteiger partial charge on any atom is -0.507 e. The fourth-order valence-electron chi connectivity index (χ4n) is 12.2. The third-order valence-electron chi connectivity index (χ3n) is 17.0. The van der Waals surface area contributed by atoms with Crippen LogP contribution >= 0.6 is 0 Å². The number of esters is 1. The van der Waals surface area contributed by atoms with Crippen molar-refractivity contribution in [2.75, 3.05) is 32.7 Å². The van der Waals surface area contributed by atoms with E-state index in [1.54, 1.807) is 61.5 Å². The first-order valence-electron chi connectivity index (χ1n) is 27.5. The standard InChI is InChI=1S/C59H75N7O12/c1-30(2)29-64-26-22-59(23-27-64)62-44-41-42-49(69)36(8)52-43(41)53(71)58(10,78-52)76-28-14-17-32(4)51(35(7)48(68)34(6)47(67)31(3)15-13-16-33(5)54(72)61-46(50(42)70)45(44)63-59)77-56(74)37(9)55(73)65-24-20-38(21-25-65)66-40-19-12-11-18-39(40)60-57(66)75/h11-16,18-19,28,30-32,34-35,37-38,47-48,51,63,67-69H,17,20-27,29H2,1-10H3,(H,60,75)(H,61,72)/b15-13+,28-14+,33-16-/t31-,32+,34+,35+,37?,47-,48+,51+,58-/m0/s1. The van der Waals surface area contributed by atoms with Gasteiger partial charge in [-0.1, -0.05) is 71.9 Å². The van der Waals surface area contributed by atoms with Crippen LogP contribution in [0.25, 0.3) is 11.0 Å². The second kappa shape index (κ2) is 21.8. The molecule has 0 saturated carbocycles. The number of nitrogens with one attached hydrogen (secondary N) is 3. The highest BCUT2D eigenvalue weighted by Gasteiger charge is 2.54. The molecule has 9 atom stereocenters. The molecule has 2 amide bonds. The van der Waals surface area contributed by atoms with Crippen molar-refractivity contribution in [1.82, 2.24) is 30.0 Å². The second-order valence-corrected chi connectivity index (χ2v) is 23.1. The van der Waals surface area contributed by atoms with Gasteiger partial charge in [0.25, 0.3) is 11.7 Å². The SMILES string of the molecule is C/C1=C/C=C/[C@H](C)[C@H](O)[C@@H](C)[C@@H](O)[C@@H](C)[C@H](OC(=O)C(C)C(=O)N2CCC(n3c(=O)[nH]c4ccccc43)CC2)[C@H](C)C/C=C/O[C@@]2(C)Oc3c(C)c(O)c4c(c3C2=O)C2=NC3(CCN(CC(C)C)CC3)NC2=C(NC1=O)C4=O. The summed E-state index contributed by atoms with van der Waals surface area (Å²) in [7, 11) is 0. The van der Waals surface area contributed by atoms with E-state index in [-0.39, 0.29) is 68.8 Å². The molecule has 7 aliphatic rings. The zero-order chi connectivity index (χ0) is 56.3. The van der Waals surface area contributed by atoms with Crippen molar-refractivity contribution in [3.8, 4) is 11.5 Å². The Bertz CT molecular complexity index is 3130. The number of ketones is 2. The maximum Gasteiger partial charge on any atom is 0.326 e. The summed E-state index contributed by atoms with van der Waals surface area (Å²) in [5, 5.41) is 41.9. The van der Waals surface area contributed by atoms with Gasteiger partial charge in [-0.3, -0.25) is 33.5 Å². The van der Waals surface area contributed by atoms with E-state index in [0.717, 1.165) is 17.6 Å². The lowest BCUT2D eigenvalue weighted by atomic mass is 9.79.